The molecule has 8 nitrogen and oxygen atoms in total. The van der Waals surface area contributed by atoms with Gasteiger partial charge in [-0.3, -0.25) is 0 Å². The van der Waals surface area contributed by atoms with E-state index in [1.807, 2.05) is 25.3 Å². The number of halogens is 2. The molecular weight excluding hydrogens is 494 g/mol. The second kappa shape index (κ2) is 9.85. The first kappa shape index (κ1) is 25.9. The monoisotopic (exact) mass is 524 g/mol. The van der Waals surface area contributed by atoms with Gasteiger partial charge in [0.25, 0.3) is 0 Å². The second-order valence-corrected chi connectivity index (χ2v) is 10.1. The predicted molar refractivity (Wildman–Crippen MR) is 137 cm³/mol. The predicted octanol–water partition coefficient (Wildman–Crippen LogP) is 4.62. The van der Waals surface area contributed by atoms with Crippen molar-refractivity contribution in [2.75, 3.05) is 26.8 Å². The summed E-state index contributed by atoms with van der Waals surface area (Å²) >= 11 is 0. The third-order valence-electron chi connectivity index (χ3n) is 6.83. The van der Waals surface area contributed by atoms with E-state index in [0.717, 1.165) is 5.56 Å². The van der Waals surface area contributed by atoms with Crippen molar-refractivity contribution >= 4 is 11.7 Å². The number of aryl methyl sites for hydroxylation is 1. The number of pyridine rings is 1. The van der Waals surface area contributed by atoms with Crippen molar-refractivity contribution < 1.29 is 28.2 Å². The number of ether oxygens (including phenoxy) is 2. The van der Waals surface area contributed by atoms with Crippen molar-refractivity contribution in [3.63, 3.8) is 0 Å². The Bertz CT molecular complexity index is 1480. The molecule has 0 aliphatic carbocycles. The standard InChI is InChI=1S/C28H30F2N4O4/c1-17-5-8-34-23(14-20-16-33(9-10-38-20)27(35)37-4)26(31-24(34)11-17)25-21(29)12-19(13-22(25)30)32-7-6-18(15-32)28(2,3)36/h5-8,11-13,15,20,36H,9-10,14,16H2,1-4H3/t20-/m0/s1. The summed E-state index contributed by atoms with van der Waals surface area (Å²) in [5.74, 6) is -1.53. The molecule has 10 heteroatoms. The van der Waals surface area contributed by atoms with Gasteiger partial charge in [0.2, 0.25) is 0 Å². The summed E-state index contributed by atoms with van der Waals surface area (Å²) in [5, 5.41) is 10.3. The highest BCUT2D eigenvalue weighted by Gasteiger charge is 2.29. The van der Waals surface area contributed by atoms with Gasteiger partial charge in [-0.2, -0.15) is 0 Å². The quantitative estimate of drug-likeness (QED) is 0.412. The van der Waals surface area contributed by atoms with Gasteiger partial charge in [-0.25, -0.2) is 18.6 Å². The Kier molecular flexibility index (Phi) is 6.70. The summed E-state index contributed by atoms with van der Waals surface area (Å²) in [7, 11) is 1.33. The first-order valence-corrected chi connectivity index (χ1v) is 12.4. The van der Waals surface area contributed by atoms with Gasteiger partial charge in [0, 0.05) is 37.1 Å². The summed E-state index contributed by atoms with van der Waals surface area (Å²) in [6.45, 7) is 6.22. The zero-order valence-electron chi connectivity index (χ0n) is 21.7. The number of carbonyl (C=O) groups excluding carboxylic acids is 1. The SMILES string of the molecule is COC(=O)N1CCO[C@@H](Cc2c(-c3c(F)cc(-n4ccc(C(C)(C)O)c4)cc3F)nc3cc(C)ccn23)C1. The minimum absolute atomic E-state index is 0.181. The smallest absolute Gasteiger partial charge is 0.409 e. The highest BCUT2D eigenvalue weighted by atomic mass is 19.1. The van der Waals surface area contributed by atoms with Crippen LogP contribution in [-0.4, -0.2) is 63.0 Å². The van der Waals surface area contributed by atoms with Gasteiger partial charge in [-0.1, -0.05) is 0 Å². The Morgan fingerprint density at radius 3 is 2.61 bits per heavy atom. The van der Waals surface area contributed by atoms with Gasteiger partial charge < -0.3 is 28.4 Å². The van der Waals surface area contributed by atoms with Crippen molar-refractivity contribution in [2.45, 2.75) is 38.9 Å². The number of carbonyl (C=O) groups is 1. The topological polar surface area (TPSA) is 81.2 Å². The summed E-state index contributed by atoms with van der Waals surface area (Å²) in [4.78, 5) is 18.2. The fourth-order valence-electron chi connectivity index (χ4n) is 4.80. The Hall–Kier alpha value is -3.76. The van der Waals surface area contributed by atoms with E-state index in [0.29, 0.717) is 30.1 Å². The maximum Gasteiger partial charge on any atom is 0.409 e. The van der Waals surface area contributed by atoms with Crippen LogP contribution >= 0.6 is 0 Å². The van der Waals surface area contributed by atoms with Crippen LogP contribution in [0.4, 0.5) is 13.6 Å². The number of morpholine rings is 1. The molecule has 0 bridgehead atoms. The van der Waals surface area contributed by atoms with E-state index in [-0.39, 0.29) is 29.9 Å². The molecule has 38 heavy (non-hydrogen) atoms. The normalized spacial score (nSPS) is 16.3. The Morgan fingerprint density at radius 2 is 1.95 bits per heavy atom. The molecule has 1 aliphatic heterocycles. The molecule has 1 amide bonds. The molecule has 4 heterocycles. The highest BCUT2D eigenvalue weighted by Crippen LogP contribution is 2.33. The lowest BCUT2D eigenvalue weighted by atomic mass is 10.0. The highest BCUT2D eigenvalue weighted by molar-refractivity contribution is 5.70. The third kappa shape index (κ3) is 4.89. The Balaban J connectivity index is 1.56. The number of fused-ring (bicyclic) bond motifs is 1. The van der Waals surface area contributed by atoms with E-state index < -0.39 is 29.4 Å². The van der Waals surface area contributed by atoms with Crippen LogP contribution in [-0.2, 0) is 21.5 Å². The molecule has 1 aromatic carbocycles. The number of benzene rings is 1. The van der Waals surface area contributed by atoms with Gasteiger partial charge >= 0.3 is 6.09 Å². The van der Waals surface area contributed by atoms with Crippen LogP contribution in [0.15, 0.2) is 48.9 Å². The first-order valence-electron chi connectivity index (χ1n) is 12.4. The number of imidazole rings is 1. The fraction of sp³-hybridized carbons (Fsp3) is 0.357. The Morgan fingerprint density at radius 1 is 1.21 bits per heavy atom. The molecule has 0 spiro atoms. The minimum Gasteiger partial charge on any atom is -0.453 e. The lowest BCUT2D eigenvalue weighted by molar-refractivity contribution is -0.0241. The maximum atomic E-state index is 15.7. The molecule has 5 rings (SSSR count). The molecule has 1 fully saturated rings. The van der Waals surface area contributed by atoms with Crippen LogP contribution in [0.3, 0.4) is 0 Å². The molecule has 1 atom stereocenters. The van der Waals surface area contributed by atoms with Crippen LogP contribution in [0.2, 0.25) is 0 Å². The second-order valence-electron chi connectivity index (χ2n) is 10.1. The molecule has 1 aliphatic rings. The summed E-state index contributed by atoms with van der Waals surface area (Å²) < 4.78 is 45.4. The minimum atomic E-state index is -1.09. The number of amides is 1. The number of nitrogens with zero attached hydrogens (tertiary/aromatic N) is 4. The fourth-order valence-corrected chi connectivity index (χ4v) is 4.80. The molecular formula is C28H30F2N4O4. The largest absolute Gasteiger partial charge is 0.453 e. The van der Waals surface area contributed by atoms with Gasteiger partial charge in [0.05, 0.1) is 54.6 Å². The van der Waals surface area contributed by atoms with E-state index in [9.17, 15) is 9.90 Å². The number of hydrogen-bond acceptors (Lipinski definition) is 5. The molecule has 4 aromatic rings. The summed E-state index contributed by atoms with van der Waals surface area (Å²) in [6, 6.07) is 7.95. The van der Waals surface area contributed by atoms with Gasteiger partial charge in [-0.05, 0) is 56.7 Å². The van der Waals surface area contributed by atoms with Gasteiger partial charge in [0.1, 0.15) is 17.3 Å². The van der Waals surface area contributed by atoms with E-state index in [1.54, 1.807) is 46.2 Å². The van der Waals surface area contributed by atoms with Crippen LogP contribution in [0.25, 0.3) is 22.6 Å². The molecule has 200 valence electrons. The number of aliphatic hydroxyl groups is 1. The van der Waals surface area contributed by atoms with Crippen molar-refractivity contribution in [2.24, 2.45) is 0 Å². The lowest BCUT2D eigenvalue weighted by Gasteiger charge is -2.32. The zero-order valence-corrected chi connectivity index (χ0v) is 21.7. The molecule has 1 saturated heterocycles. The van der Waals surface area contributed by atoms with Crippen molar-refractivity contribution in [3.8, 4) is 16.9 Å². The first-order chi connectivity index (χ1) is 18.0. The Labute approximate surface area is 219 Å². The van der Waals surface area contributed by atoms with Crippen molar-refractivity contribution in [3.05, 3.63) is 77.4 Å². The summed E-state index contributed by atoms with van der Waals surface area (Å²) in [6.07, 6.45) is 4.53. The van der Waals surface area contributed by atoms with Crippen molar-refractivity contribution in [1.29, 1.82) is 0 Å². The lowest BCUT2D eigenvalue weighted by Crippen LogP contribution is -2.46. The van der Waals surface area contributed by atoms with Gasteiger partial charge in [-0.15, -0.1) is 0 Å². The zero-order chi connectivity index (χ0) is 27.2. The number of aromatic nitrogens is 3. The van der Waals surface area contributed by atoms with E-state index in [4.69, 9.17) is 9.47 Å². The van der Waals surface area contributed by atoms with E-state index >= 15 is 8.78 Å². The van der Waals surface area contributed by atoms with Crippen LogP contribution < -0.4 is 0 Å². The maximum absolute atomic E-state index is 15.7. The van der Waals surface area contributed by atoms with Gasteiger partial charge in [0.15, 0.2) is 0 Å². The molecule has 0 radical (unpaired) electrons. The van der Waals surface area contributed by atoms with E-state index in [2.05, 4.69) is 4.98 Å². The van der Waals surface area contributed by atoms with Crippen LogP contribution in [0, 0.1) is 18.6 Å². The third-order valence-corrected chi connectivity index (χ3v) is 6.83. The average molecular weight is 525 g/mol. The van der Waals surface area contributed by atoms with Crippen molar-refractivity contribution in [1.82, 2.24) is 18.9 Å². The molecule has 0 unspecified atom stereocenters. The van der Waals surface area contributed by atoms with Crippen LogP contribution in [0.5, 0.6) is 0 Å². The average Bonchev–Trinajstić information content (AvgIpc) is 3.49. The number of rotatable bonds is 5. The molecule has 0 saturated carbocycles. The van der Waals surface area contributed by atoms with Crippen LogP contribution in [0.1, 0.15) is 30.7 Å². The molecule has 1 N–H and O–H groups in total. The molecule has 3 aromatic heterocycles. The number of methoxy groups -OCH3 is 1. The summed E-state index contributed by atoms with van der Waals surface area (Å²) in [5.41, 5.74) is 1.85. The van der Waals surface area contributed by atoms with E-state index in [1.165, 1.54) is 19.2 Å². The number of hydrogen-bond donors (Lipinski definition) is 1.